The molecule has 0 spiro atoms. The van der Waals surface area contributed by atoms with E-state index in [4.69, 9.17) is 9.84 Å². The molecular weight excluding hydrogens is 222 g/mol. The summed E-state index contributed by atoms with van der Waals surface area (Å²) in [6.07, 6.45) is -0.959. The molecule has 1 heterocycles. The summed E-state index contributed by atoms with van der Waals surface area (Å²) in [6, 6.07) is 8.42. The number of aliphatic carboxylic acids is 1. The first kappa shape index (κ1) is 11.4. The minimum Gasteiger partial charge on any atom is -0.480 e. The normalized spacial score (nSPS) is 21.1. The number of carbonyl (C=O) groups is 2. The Morgan fingerprint density at radius 3 is 2.71 bits per heavy atom. The summed E-state index contributed by atoms with van der Waals surface area (Å²) >= 11 is 0. The minimum atomic E-state index is -1.03. The number of nitrogens with zero attached hydrogens (tertiary/aromatic N) is 1. The highest BCUT2D eigenvalue weighted by Crippen LogP contribution is 2.27. The fraction of sp³-hybridized carbons (Fsp3) is 0.333. The van der Waals surface area contributed by atoms with E-state index >= 15 is 0 Å². The van der Waals surface area contributed by atoms with Crippen LogP contribution in [0.5, 0.6) is 0 Å². The quantitative estimate of drug-likeness (QED) is 0.865. The van der Waals surface area contributed by atoms with Crippen LogP contribution in [-0.4, -0.2) is 34.7 Å². The van der Waals surface area contributed by atoms with E-state index in [0.717, 1.165) is 5.56 Å². The van der Waals surface area contributed by atoms with Gasteiger partial charge in [0.05, 0.1) is 6.54 Å². The molecule has 5 nitrogen and oxygen atoms in total. The Balaban J connectivity index is 2.13. The molecule has 1 N–H and O–H groups in total. The molecule has 2 atom stereocenters. The highest BCUT2D eigenvalue weighted by atomic mass is 16.6. The highest BCUT2D eigenvalue weighted by molar-refractivity contribution is 5.80. The standard InChI is InChI=1S/C12H13NO4/c1-8(11(14)15)13-7-10(17-12(13)16)9-5-3-2-4-6-9/h2-6,8,10H,7H2,1H3,(H,14,15). The van der Waals surface area contributed by atoms with Crippen molar-refractivity contribution in [3.8, 4) is 0 Å². The Morgan fingerprint density at radius 1 is 1.47 bits per heavy atom. The van der Waals surface area contributed by atoms with Gasteiger partial charge in [-0.2, -0.15) is 0 Å². The number of hydrogen-bond acceptors (Lipinski definition) is 3. The first-order valence-corrected chi connectivity index (χ1v) is 5.34. The largest absolute Gasteiger partial charge is 0.480 e. The Kier molecular flexibility index (Phi) is 2.99. The third kappa shape index (κ3) is 2.22. The second-order valence-corrected chi connectivity index (χ2v) is 3.95. The molecule has 1 saturated heterocycles. The molecule has 1 fully saturated rings. The van der Waals surface area contributed by atoms with E-state index in [0.29, 0.717) is 0 Å². The average molecular weight is 235 g/mol. The summed E-state index contributed by atoms with van der Waals surface area (Å²) in [6.45, 7) is 1.74. The topological polar surface area (TPSA) is 66.8 Å². The van der Waals surface area contributed by atoms with Gasteiger partial charge in [-0.1, -0.05) is 30.3 Å². The third-order valence-electron chi connectivity index (χ3n) is 2.84. The molecule has 1 aliphatic heterocycles. The van der Waals surface area contributed by atoms with Crippen LogP contribution in [0.1, 0.15) is 18.6 Å². The Labute approximate surface area is 98.6 Å². The van der Waals surface area contributed by atoms with Gasteiger partial charge in [0.25, 0.3) is 0 Å². The Bertz CT molecular complexity index is 431. The molecule has 2 rings (SSSR count). The van der Waals surface area contributed by atoms with Gasteiger partial charge in [-0.05, 0) is 12.5 Å². The van der Waals surface area contributed by atoms with Crippen LogP contribution in [0.15, 0.2) is 30.3 Å². The van der Waals surface area contributed by atoms with Crippen molar-refractivity contribution >= 4 is 12.1 Å². The molecule has 2 unspecified atom stereocenters. The number of amides is 1. The van der Waals surface area contributed by atoms with Gasteiger partial charge in [0.1, 0.15) is 12.1 Å². The van der Waals surface area contributed by atoms with Crippen molar-refractivity contribution in [3.05, 3.63) is 35.9 Å². The van der Waals surface area contributed by atoms with Crippen molar-refractivity contribution < 1.29 is 19.4 Å². The fourth-order valence-corrected chi connectivity index (χ4v) is 1.77. The summed E-state index contributed by atoms with van der Waals surface area (Å²) in [5, 5.41) is 8.87. The molecule has 1 aromatic carbocycles. The van der Waals surface area contributed by atoms with E-state index in [-0.39, 0.29) is 12.6 Å². The lowest BCUT2D eigenvalue weighted by Crippen LogP contribution is -2.39. The number of cyclic esters (lactones) is 1. The zero-order valence-corrected chi connectivity index (χ0v) is 9.37. The van der Waals surface area contributed by atoms with E-state index < -0.39 is 18.1 Å². The number of rotatable bonds is 3. The van der Waals surface area contributed by atoms with E-state index in [1.54, 1.807) is 0 Å². The van der Waals surface area contributed by atoms with Crippen molar-refractivity contribution in [2.75, 3.05) is 6.54 Å². The Morgan fingerprint density at radius 2 is 2.12 bits per heavy atom. The second-order valence-electron chi connectivity index (χ2n) is 3.95. The van der Waals surface area contributed by atoms with Gasteiger partial charge in [0.15, 0.2) is 0 Å². The molecule has 0 aromatic heterocycles. The van der Waals surface area contributed by atoms with Gasteiger partial charge in [0, 0.05) is 0 Å². The van der Waals surface area contributed by atoms with Crippen molar-refractivity contribution in [2.45, 2.75) is 19.1 Å². The molecule has 0 radical (unpaired) electrons. The van der Waals surface area contributed by atoms with E-state index in [1.807, 2.05) is 30.3 Å². The molecular formula is C12H13NO4. The van der Waals surface area contributed by atoms with Crippen molar-refractivity contribution in [2.24, 2.45) is 0 Å². The molecule has 0 aliphatic carbocycles. The molecule has 1 aliphatic rings. The molecule has 90 valence electrons. The van der Waals surface area contributed by atoms with Crippen LogP contribution < -0.4 is 0 Å². The number of carbonyl (C=O) groups excluding carboxylic acids is 1. The van der Waals surface area contributed by atoms with Crippen molar-refractivity contribution in [1.82, 2.24) is 4.90 Å². The zero-order chi connectivity index (χ0) is 12.4. The van der Waals surface area contributed by atoms with Crippen molar-refractivity contribution in [1.29, 1.82) is 0 Å². The number of hydrogen-bond donors (Lipinski definition) is 1. The number of carboxylic acid groups (broad SMARTS) is 1. The molecule has 1 aromatic rings. The lowest BCUT2D eigenvalue weighted by atomic mass is 10.1. The summed E-state index contributed by atoms with van der Waals surface area (Å²) in [5.74, 6) is -1.03. The van der Waals surface area contributed by atoms with Crippen LogP contribution in [0, 0.1) is 0 Å². The minimum absolute atomic E-state index is 0.274. The summed E-state index contributed by atoms with van der Waals surface area (Å²) in [7, 11) is 0. The van der Waals surface area contributed by atoms with Gasteiger partial charge >= 0.3 is 12.1 Å². The van der Waals surface area contributed by atoms with Crippen LogP contribution in [0.25, 0.3) is 0 Å². The summed E-state index contributed by atoms with van der Waals surface area (Å²) < 4.78 is 5.15. The van der Waals surface area contributed by atoms with E-state index in [2.05, 4.69) is 0 Å². The van der Waals surface area contributed by atoms with E-state index in [9.17, 15) is 9.59 Å². The monoisotopic (exact) mass is 235 g/mol. The van der Waals surface area contributed by atoms with Gasteiger partial charge in [-0.15, -0.1) is 0 Å². The van der Waals surface area contributed by atoms with Crippen LogP contribution in [0.3, 0.4) is 0 Å². The van der Waals surface area contributed by atoms with Crippen molar-refractivity contribution in [3.63, 3.8) is 0 Å². The summed E-state index contributed by atoms with van der Waals surface area (Å²) in [4.78, 5) is 23.6. The average Bonchev–Trinajstić information content (AvgIpc) is 2.71. The van der Waals surface area contributed by atoms with Crippen LogP contribution in [-0.2, 0) is 9.53 Å². The predicted molar refractivity (Wildman–Crippen MR) is 59.5 cm³/mol. The zero-order valence-electron chi connectivity index (χ0n) is 9.37. The second kappa shape index (κ2) is 4.45. The highest BCUT2D eigenvalue weighted by Gasteiger charge is 2.37. The fourth-order valence-electron chi connectivity index (χ4n) is 1.77. The van der Waals surface area contributed by atoms with Crippen LogP contribution in [0.2, 0.25) is 0 Å². The first-order valence-electron chi connectivity index (χ1n) is 5.34. The smallest absolute Gasteiger partial charge is 0.411 e. The Hall–Kier alpha value is -2.04. The predicted octanol–water partition coefficient (Wildman–Crippen LogP) is 1.65. The number of carboxylic acids is 1. The lowest BCUT2D eigenvalue weighted by molar-refractivity contribution is -0.141. The van der Waals surface area contributed by atoms with E-state index in [1.165, 1.54) is 11.8 Å². The maximum Gasteiger partial charge on any atom is 0.411 e. The molecule has 0 bridgehead atoms. The SMILES string of the molecule is CC(C(=O)O)N1CC(c2ccccc2)OC1=O. The van der Waals surface area contributed by atoms with Gasteiger partial charge in [-0.25, -0.2) is 9.59 Å². The maximum atomic E-state index is 11.5. The number of benzene rings is 1. The molecule has 0 saturated carbocycles. The maximum absolute atomic E-state index is 11.5. The molecule has 5 heteroatoms. The molecule has 17 heavy (non-hydrogen) atoms. The lowest BCUT2D eigenvalue weighted by Gasteiger charge is -2.17. The van der Waals surface area contributed by atoms with Gasteiger partial charge < -0.3 is 9.84 Å². The number of ether oxygens (including phenoxy) is 1. The van der Waals surface area contributed by atoms with Gasteiger partial charge in [0.2, 0.25) is 0 Å². The van der Waals surface area contributed by atoms with Crippen LogP contribution >= 0.6 is 0 Å². The first-order chi connectivity index (χ1) is 8.09. The summed E-state index contributed by atoms with van der Waals surface area (Å²) in [5.41, 5.74) is 0.876. The van der Waals surface area contributed by atoms with Gasteiger partial charge in [-0.3, -0.25) is 4.90 Å². The van der Waals surface area contributed by atoms with Crippen LogP contribution in [0.4, 0.5) is 4.79 Å². The third-order valence-corrected chi connectivity index (χ3v) is 2.84. The molecule has 1 amide bonds.